The van der Waals surface area contributed by atoms with E-state index in [1.165, 1.54) is 18.2 Å². The summed E-state index contributed by atoms with van der Waals surface area (Å²) >= 11 is 5.71. The number of carbonyl (C=O) groups excluding carboxylic acids is 1. The highest BCUT2D eigenvalue weighted by atomic mass is 35.5. The van der Waals surface area contributed by atoms with Crippen LogP contribution in [0.2, 0.25) is 5.02 Å². The summed E-state index contributed by atoms with van der Waals surface area (Å²) in [5, 5.41) is 13.6. The Balaban J connectivity index is 1.98. The van der Waals surface area contributed by atoms with Gasteiger partial charge in [0, 0.05) is 11.1 Å². The first kappa shape index (κ1) is 16.6. The number of nitro benzene ring substituents is 1. The van der Waals surface area contributed by atoms with Gasteiger partial charge in [0.2, 0.25) is 0 Å². The number of nitrogens with one attached hydrogen (secondary N) is 1. The Bertz CT molecular complexity index is 718. The van der Waals surface area contributed by atoms with Crippen molar-refractivity contribution in [1.29, 1.82) is 0 Å². The first-order valence-electron chi connectivity index (χ1n) is 6.50. The maximum Gasteiger partial charge on any atom is 0.294 e. The van der Waals surface area contributed by atoms with Crippen LogP contribution in [-0.4, -0.2) is 24.5 Å². The molecular weight excluding hydrogens is 324 g/mol. The minimum atomic E-state index is -0.619. The van der Waals surface area contributed by atoms with Gasteiger partial charge in [0.05, 0.1) is 12.0 Å². The van der Waals surface area contributed by atoms with Crippen LogP contribution in [-0.2, 0) is 4.79 Å². The number of hydrogen-bond acceptors (Lipinski definition) is 5. The fourth-order valence-electron chi connectivity index (χ4n) is 1.77. The second-order valence-electron chi connectivity index (χ2n) is 4.43. The lowest BCUT2D eigenvalue weighted by atomic mass is 10.2. The SMILES string of the molecule is COc1ccc(OCC(=O)Nc2ccc(Cl)cc2[N+](=O)[O-])cc1. The second-order valence-corrected chi connectivity index (χ2v) is 4.87. The number of methoxy groups -OCH3 is 1. The van der Waals surface area contributed by atoms with Crippen LogP contribution in [0.1, 0.15) is 0 Å². The van der Waals surface area contributed by atoms with Crippen LogP contribution in [0.25, 0.3) is 0 Å². The molecule has 1 N–H and O–H groups in total. The molecule has 7 nitrogen and oxygen atoms in total. The van der Waals surface area contributed by atoms with E-state index in [0.29, 0.717) is 11.5 Å². The van der Waals surface area contributed by atoms with Gasteiger partial charge in [-0.05, 0) is 36.4 Å². The van der Waals surface area contributed by atoms with Crippen molar-refractivity contribution in [3.8, 4) is 11.5 Å². The summed E-state index contributed by atoms with van der Waals surface area (Å²) in [7, 11) is 1.54. The Kier molecular flexibility index (Phi) is 5.37. The number of amides is 1. The number of halogens is 1. The van der Waals surface area contributed by atoms with E-state index in [9.17, 15) is 14.9 Å². The molecule has 0 aliphatic rings. The Hall–Kier alpha value is -2.80. The van der Waals surface area contributed by atoms with E-state index in [1.807, 2.05) is 0 Å². The molecule has 23 heavy (non-hydrogen) atoms. The molecule has 0 aliphatic heterocycles. The molecule has 0 atom stereocenters. The van der Waals surface area contributed by atoms with Crippen LogP contribution in [0.3, 0.4) is 0 Å². The average Bonchev–Trinajstić information content (AvgIpc) is 2.55. The van der Waals surface area contributed by atoms with Gasteiger partial charge in [-0.2, -0.15) is 0 Å². The topological polar surface area (TPSA) is 90.7 Å². The number of nitrogens with zero attached hydrogens (tertiary/aromatic N) is 1. The molecule has 1 amide bonds. The predicted octanol–water partition coefficient (Wildman–Crippen LogP) is 3.27. The van der Waals surface area contributed by atoms with Crippen LogP contribution in [0.15, 0.2) is 42.5 Å². The first-order valence-corrected chi connectivity index (χ1v) is 6.88. The maximum atomic E-state index is 11.9. The Morgan fingerprint density at radius 3 is 2.48 bits per heavy atom. The number of carbonyl (C=O) groups is 1. The third-order valence-electron chi connectivity index (χ3n) is 2.86. The van der Waals surface area contributed by atoms with Gasteiger partial charge in [-0.3, -0.25) is 14.9 Å². The van der Waals surface area contributed by atoms with Crippen molar-refractivity contribution in [1.82, 2.24) is 0 Å². The number of rotatable bonds is 6. The van der Waals surface area contributed by atoms with Crippen LogP contribution in [0, 0.1) is 10.1 Å². The molecule has 0 unspecified atom stereocenters. The quantitative estimate of drug-likeness (QED) is 0.645. The van der Waals surface area contributed by atoms with Crippen molar-refractivity contribution < 1.29 is 19.2 Å². The predicted molar refractivity (Wildman–Crippen MR) is 85.2 cm³/mol. The summed E-state index contributed by atoms with van der Waals surface area (Å²) in [6.45, 7) is -0.286. The van der Waals surface area contributed by atoms with Gasteiger partial charge >= 0.3 is 0 Å². The number of ether oxygens (including phenoxy) is 2. The summed E-state index contributed by atoms with van der Waals surface area (Å²) in [6.07, 6.45) is 0. The zero-order valence-electron chi connectivity index (χ0n) is 12.1. The van der Waals surface area contributed by atoms with E-state index in [0.717, 1.165) is 0 Å². The molecule has 0 aromatic heterocycles. The summed E-state index contributed by atoms with van der Waals surface area (Å²) in [6, 6.07) is 10.7. The van der Waals surface area contributed by atoms with Gasteiger partial charge < -0.3 is 14.8 Å². The lowest BCUT2D eigenvalue weighted by Gasteiger charge is -2.08. The normalized spacial score (nSPS) is 10.0. The van der Waals surface area contributed by atoms with Gasteiger partial charge in [0.15, 0.2) is 6.61 Å². The van der Waals surface area contributed by atoms with Gasteiger partial charge in [0.1, 0.15) is 17.2 Å². The number of benzene rings is 2. The third-order valence-corrected chi connectivity index (χ3v) is 3.10. The van der Waals surface area contributed by atoms with Crippen molar-refractivity contribution in [2.24, 2.45) is 0 Å². The molecule has 0 saturated carbocycles. The Morgan fingerprint density at radius 1 is 1.22 bits per heavy atom. The summed E-state index contributed by atoms with van der Waals surface area (Å²) in [5.74, 6) is 0.622. The van der Waals surface area contributed by atoms with Crippen LogP contribution in [0.4, 0.5) is 11.4 Å². The first-order chi connectivity index (χ1) is 11.0. The monoisotopic (exact) mass is 336 g/mol. The standard InChI is InChI=1S/C15H13ClN2O5/c1-22-11-3-5-12(6-4-11)23-9-15(19)17-13-7-2-10(16)8-14(13)18(20)21/h2-8H,9H2,1H3,(H,17,19). The molecule has 0 bridgehead atoms. The fraction of sp³-hybridized carbons (Fsp3) is 0.133. The third kappa shape index (κ3) is 4.58. The van der Waals surface area contributed by atoms with Gasteiger partial charge in [-0.25, -0.2) is 0 Å². The molecule has 0 fully saturated rings. The van der Waals surface area contributed by atoms with Crippen LogP contribution < -0.4 is 14.8 Å². The highest BCUT2D eigenvalue weighted by molar-refractivity contribution is 6.31. The average molecular weight is 337 g/mol. The van der Waals surface area contributed by atoms with E-state index in [1.54, 1.807) is 31.4 Å². The zero-order chi connectivity index (χ0) is 16.8. The van der Waals surface area contributed by atoms with E-state index < -0.39 is 10.8 Å². The molecular formula is C15H13ClN2O5. The number of anilines is 1. The minimum absolute atomic E-state index is 0.0581. The number of hydrogen-bond donors (Lipinski definition) is 1. The molecule has 2 aromatic rings. The summed E-state index contributed by atoms with van der Waals surface area (Å²) in [4.78, 5) is 22.2. The van der Waals surface area contributed by atoms with E-state index in [-0.39, 0.29) is 23.0 Å². The Labute approximate surface area is 136 Å². The molecule has 0 spiro atoms. The van der Waals surface area contributed by atoms with Crippen molar-refractivity contribution in [2.45, 2.75) is 0 Å². The molecule has 0 aliphatic carbocycles. The van der Waals surface area contributed by atoms with E-state index in [2.05, 4.69) is 5.32 Å². The van der Waals surface area contributed by atoms with Gasteiger partial charge in [0.25, 0.3) is 11.6 Å². The van der Waals surface area contributed by atoms with Crippen molar-refractivity contribution in [3.63, 3.8) is 0 Å². The maximum absolute atomic E-state index is 11.9. The molecule has 0 heterocycles. The van der Waals surface area contributed by atoms with Gasteiger partial charge in [-0.15, -0.1) is 0 Å². The van der Waals surface area contributed by atoms with Gasteiger partial charge in [-0.1, -0.05) is 11.6 Å². The molecule has 120 valence electrons. The van der Waals surface area contributed by atoms with Crippen molar-refractivity contribution in [3.05, 3.63) is 57.6 Å². The second kappa shape index (κ2) is 7.46. The van der Waals surface area contributed by atoms with Crippen molar-refractivity contribution in [2.75, 3.05) is 19.0 Å². The molecule has 2 aromatic carbocycles. The molecule has 0 saturated heterocycles. The highest BCUT2D eigenvalue weighted by Gasteiger charge is 2.16. The van der Waals surface area contributed by atoms with E-state index in [4.69, 9.17) is 21.1 Å². The highest BCUT2D eigenvalue weighted by Crippen LogP contribution is 2.27. The number of nitro groups is 1. The molecule has 2 rings (SSSR count). The zero-order valence-corrected chi connectivity index (χ0v) is 12.9. The Morgan fingerprint density at radius 2 is 1.87 bits per heavy atom. The fourth-order valence-corrected chi connectivity index (χ4v) is 1.94. The van der Waals surface area contributed by atoms with Crippen LogP contribution >= 0.6 is 11.6 Å². The summed E-state index contributed by atoms with van der Waals surface area (Å²) < 4.78 is 10.3. The molecule has 8 heteroatoms. The van der Waals surface area contributed by atoms with Crippen molar-refractivity contribution >= 4 is 28.9 Å². The lowest BCUT2D eigenvalue weighted by Crippen LogP contribution is -2.20. The molecule has 0 radical (unpaired) electrons. The van der Waals surface area contributed by atoms with Crippen LogP contribution in [0.5, 0.6) is 11.5 Å². The lowest BCUT2D eigenvalue weighted by molar-refractivity contribution is -0.383. The minimum Gasteiger partial charge on any atom is -0.497 e. The largest absolute Gasteiger partial charge is 0.497 e. The van der Waals surface area contributed by atoms with E-state index >= 15 is 0 Å². The smallest absolute Gasteiger partial charge is 0.294 e. The summed E-state index contributed by atoms with van der Waals surface area (Å²) in [5.41, 5.74) is -0.224.